The molecule has 1 heterocycles. The van der Waals surface area contributed by atoms with Crippen molar-refractivity contribution in [3.63, 3.8) is 0 Å². The van der Waals surface area contributed by atoms with Crippen molar-refractivity contribution in [1.82, 2.24) is 15.8 Å². The van der Waals surface area contributed by atoms with Gasteiger partial charge < -0.3 is 5.32 Å². The average molecular weight is 432 g/mol. The molecular formula is C24H21N3O3S. The Morgan fingerprint density at radius 3 is 2.61 bits per heavy atom. The highest BCUT2D eigenvalue weighted by atomic mass is 32.1. The Morgan fingerprint density at radius 2 is 1.81 bits per heavy atom. The number of hydrogen-bond acceptors (Lipinski definition) is 5. The van der Waals surface area contributed by atoms with Crippen LogP contribution in [0.5, 0.6) is 0 Å². The lowest BCUT2D eigenvalue weighted by Crippen LogP contribution is -2.25. The molecule has 2 N–H and O–H groups in total. The minimum Gasteiger partial charge on any atom is -0.352 e. The Morgan fingerprint density at radius 1 is 0.968 bits per heavy atom. The van der Waals surface area contributed by atoms with E-state index >= 15 is 0 Å². The second-order valence-corrected chi connectivity index (χ2v) is 8.06. The molecule has 0 aliphatic rings. The first-order chi connectivity index (χ1) is 15.1. The van der Waals surface area contributed by atoms with E-state index in [2.05, 4.69) is 38.8 Å². The van der Waals surface area contributed by atoms with Crippen molar-refractivity contribution in [2.75, 3.05) is 7.11 Å². The Labute approximate surface area is 183 Å². The smallest absolute Gasteiger partial charge is 0.274 e. The summed E-state index contributed by atoms with van der Waals surface area (Å²) in [6.45, 7) is 0.329. The number of fused-ring (bicyclic) bond motifs is 1. The van der Waals surface area contributed by atoms with Crippen LogP contribution in [0.15, 0.2) is 72.8 Å². The van der Waals surface area contributed by atoms with E-state index in [0.29, 0.717) is 12.1 Å². The molecule has 0 saturated heterocycles. The van der Waals surface area contributed by atoms with E-state index in [9.17, 15) is 9.59 Å². The van der Waals surface area contributed by atoms with Crippen LogP contribution in [0.4, 0.5) is 0 Å². The number of aromatic nitrogens is 1. The van der Waals surface area contributed by atoms with Crippen LogP contribution in [-0.2, 0) is 22.6 Å². The van der Waals surface area contributed by atoms with Gasteiger partial charge in [-0.2, -0.15) is 0 Å². The molecular weight excluding hydrogens is 410 g/mol. The Kier molecular flexibility index (Phi) is 6.35. The topological polar surface area (TPSA) is 80.3 Å². The summed E-state index contributed by atoms with van der Waals surface area (Å²) in [6.07, 6.45) is 0.212. The van der Waals surface area contributed by atoms with Crippen LogP contribution in [-0.4, -0.2) is 23.9 Å². The van der Waals surface area contributed by atoms with E-state index in [1.807, 2.05) is 36.4 Å². The maximum Gasteiger partial charge on any atom is 0.274 e. The van der Waals surface area contributed by atoms with Gasteiger partial charge in [-0.1, -0.05) is 48.5 Å². The van der Waals surface area contributed by atoms with E-state index < -0.39 is 0 Å². The molecule has 7 heteroatoms. The maximum atomic E-state index is 12.4. The van der Waals surface area contributed by atoms with Crippen molar-refractivity contribution < 1.29 is 14.4 Å². The highest BCUT2D eigenvalue weighted by Gasteiger charge is 2.11. The normalized spacial score (nSPS) is 10.7. The standard InChI is InChI=1S/C24H21N3O3S/c1-30-27-24(29)19-9-5-6-16(12-19)15-25-22(28)14-23-26-20-11-10-18(13-21(20)31-23)17-7-3-2-4-8-17/h2-13H,14-15H2,1H3,(H,25,28)(H,27,29). The van der Waals surface area contributed by atoms with Gasteiger partial charge in [-0.05, 0) is 41.0 Å². The molecule has 0 bridgehead atoms. The van der Waals surface area contributed by atoms with Crippen molar-refractivity contribution >= 4 is 33.4 Å². The second kappa shape index (κ2) is 9.51. The Hall–Kier alpha value is -3.55. The number of hydrogen-bond donors (Lipinski definition) is 2. The third-order valence-electron chi connectivity index (χ3n) is 4.73. The minimum atomic E-state index is -0.333. The van der Waals surface area contributed by atoms with Crippen molar-refractivity contribution in [2.24, 2.45) is 0 Å². The predicted octanol–water partition coefficient (Wildman–Crippen LogP) is 4.11. The largest absolute Gasteiger partial charge is 0.352 e. The summed E-state index contributed by atoms with van der Waals surface area (Å²) in [4.78, 5) is 33.5. The number of amides is 2. The van der Waals surface area contributed by atoms with Gasteiger partial charge in [0.15, 0.2) is 0 Å². The van der Waals surface area contributed by atoms with Crippen molar-refractivity contribution in [1.29, 1.82) is 0 Å². The molecule has 0 unspecified atom stereocenters. The predicted molar refractivity (Wildman–Crippen MR) is 122 cm³/mol. The number of carbonyl (C=O) groups excluding carboxylic acids is 2. The number of nitrogens with one attached hydrogen (secondary N) is 2. The first kappa shape index (κ1) is 20.7. The second-order valence-electron chi connectivity index (χ2n) is 6.95. The van der Waals surface area contributed by atoms with E-state index in [1.165, 1.54) is 18.4 Å². The molecule has 1 aromatic heterocycles. The van der Waals surface area contributed by atoms with Gasteiger partial charge in [-0.15, -0.1) is 11.3 Å². The molecule has 0 fully saturated rings. The van der Waals surface area contributed by atoms with Crippen molar-refractivity contribution in [2.45, 2.75) is 13.0 Å². The quantitative estimate of drug-likeness (QED) is 0.432. The van der Waals surface area contributed by atoms with Crippen LogP contribution in [0.1, 0.15) is 20.9 Å². The molecule has 0 atom stereocenters. The minimum absolute atomic E-state index is 0.117. The van der Waals surface area contributed by atoms with Crippen LogP contribution >= 0.6 is 11.3 Å². The fourth-order valence-corrected chi connectivity index (χ4v) is 4.24. The third kappa shape index (κ3) is 5.14. The van der Waals surface area contributed by atoms with E-state index in [0.717, 1.165) is 31.9 Å². The van der Waals surface area contributed by atoms with Gasteiger partial charge in [-0.3, -0.25) is 14.4 Å². The van der Waals surface area contributed by atoms with Crippen LogP contribution in [0.3, 0.4) is 0 Å². The SMILES string of the molecule is CONC(=O)c1cccc(CNC(=O)Cc2nc3ccc(-c4ccccc4)cc3s2)c1. The van der Waals surface area contributed by atoms with Crippen molar-refractivity contribution in [3.8, 4) is 11.1 Å². The Balaban J connectivity index is 1.40. The molecule has 0 spiro atoms. The number of benzene rings is 3. The summed E-state index contributed by atoms with van der Waals surface area (Å²) in [6, 6.07) is 23.4. The first-order valence-electron chi connectivity index (χ1n) is 9.76. The summed E-state index contributed by atoms with van der Waals surface area (Å²) < 4.78 is 1.06. The zero-order chi connectivity index (χ0) is 21.6. The molecule has 0 aliphatic heterocycles. The van der Waals surface area contributed by atoms with Crippen LogP contribution in [0.2, 0.25) is 0 Å². The fraction of sp³-hybridized carbons (Fsp3) is 0.125. The highest BCUT2D eigenvalue weighted by Crippen LogP contribution is 2.28. The van der Waals surface area contributed by atoms with Crippen molar-refractivity contribution in [3.05, 3.63) is 88.9 Å². The summed E-state index contributed by atoms with van der Waals surface area (Å²) in [7, 11) is 1.38. The van der Waals surface area contributed by atoms with Crippen LogP contribution in [0.25, 0.3) is 21.3 Å². The van der Waals surface area contributed by atoms with Gasteiger partial charge in [0.25, 0.3) is 5.91 Å². The third-order valence-corrected chi connectivity index (χ3v) is 5.74. The summed E-state index contributed by atoms with van der Waals surface area (Å²) in [5.74, 6) is -0.450. The molecule has 4 rings (SSSR count). The molecule has 156 valence electrons. The molecule has 31 heavy (non-hydrogen) atoms. The zero-order valence-electron chi connectivity index (χ0n) is 16.9. The lowest BCUT2D eigenvalue weighted by atomic mass is 10.1. The van der Waals surface area contributed by atoms with E-state index in [1.54, 1.807) is 18.2 Å². The van der Waals surface area contributed by atoms with Gasteiger partial charge in [-0.25, -0.2) is 10.5 Å². The number of carbonyl (C=O) groups is 2. The van der Waals surface area contributed by atoms with Gasteiger partial charge in [0.2, 0.25) is 5.91 Å². The summed E-state index contributed by atoms with van der Waals surface area (Å²) >= 11 is 1.53. The van der Waals surface area contributed by atoms with E-state index in [4.69, 9.17) is 0 Å². The molecule has 0 saturated carbocycles. The van der Waals surface area contributed by atoms with Crippen LogP contribution in [0, 0.1) is 0 Å². The number of nitrogens with zero attached hydrogens (tertiary/aromatic N) is 1. The molecule has 2 amide bonds. The maximum absolute atomic E-state index is 12.4. The molecule has 4 aromatic rings. The molecule has 0 radical (unpaired) electrons. The number of hydroxylamine groups is 1. The summed E-state index contributed by atoms with van der Waals surface area (Å²) in [5.41, 5.74) is 6.75. The van der Waals surface area contributed by atoms with Gasteiger partial charge in [0.05, 0.1) is 23.7 Å². The Bertz CT molecular complexity index is 1220. The zero-order valence-corrected chi connectivity index (χ0v) is 17.7. The lowest BCUT2D eigenvalue weighted by Gasteiger charge is -2.07. The average Bonchev–Trinajstić information content (AvgIpc) is 3.20. The highest BCUT2D eigenvalue weighted by molar-refractivity contribution is 7.18. The summed E-state index contributed by atoms with van der Waals surface area (Å²) in [5, 5.41) is 3.66. The molecule has 0 aliphatic carbocycles. The number of rotatable bonds is 7. The molecule has 6 nitrogen and oxygen atoms in total. The van der Waals surface area contributed by atoms with Gasteiger partial charge in [0.1, 0.15) is 5.01 Å². The van der Waals surface area contributed by atoms with Crippen LogP contribution < -0.4 is 10.8 Å². The molecule has 3 aromatic carbocycles. The van der Waals surface area contributed by atoms with Gasteiger partial charge in [0, 0.05) is 12.1 Å². The van der Waals surface area contributed by atoms with Gasteiger partial charge >= 0.3 is 0 Å². The number of thiazole rings is 1. The van der Waals surface area contributed by atoms with E-state index in [-0.39, 0.29) is 18.2 Å². The first-order valence-corrected chi connectivity index (χ1v) is 10.6. The monoisotopic (exact) mass is 431 g/mol. The fourth-order valence-electron chi connectivity index (χ4n) is 3.23. The lowest BCUT2D eigenvalue weighted by molar-refractivity contribution is -0.120.